The highest BCUT2D eigenvalue weighted by Crippen LogP contribution is 2.35. The Hall–Kier alpha value is -2.38. The number of amides is 4. The normalized spacial score (nSPS) is 19.7. The fourth-order valence-corrected chi connectivity index (χ4v) is 2.18. The van der Waals surface area contributed by atoms with E-state index in [9.17, 15) is 27.6 Å². The number of benzene rings is 1. The van der Waals surface area contributed by atoms with Crippen molar-refractivity contribution in [1.29, 1.82) is 0 Å². The summed E-state index contributed by atoms with van der Waals surface area (Å²) in [5, 5.41) is 0. The molecule has 2 fully saturated rings. The van der Waals surface area contributed by atoms with E-state index >= 15 is 0 Å². The first-order chi connectivity index (χ1) is 9.80. The molecule has 1 saturated carbocycles. The first-order valence-electron chi connectivity index (χ1n) is 6.19. The van der Waals surface area contributed by atoms with Crippen LogP contribution < -0.4 is 4.90 Å². The van der Waals surface area contributed by atoms with E-state index in [2.05, 4.69) is 0 Å². The second kappa shape index (κ2) is 4.31. The average Bonchev–Trinajstić information content (AvgIpc) is 3.19. The number of anilines is 1. The summed E-state index contributed by atoms with van der Waals surface area (Å²) in [6.07, 6.45) is -3.37. The Kier molecular flexibility index (Phi) is 2.79. The molecule has 1 saturated heterocycles. The van der Waals surface area contributed by atoms with Crippen LogP contribution in [0.3, 0.4) is 0 Å². The molecule has 1 aromatic carbocycles. The Balaban J connectivity index is 1.98. The van der Waals surface area contributed by atoms with Gasteiger partial charge in [0.05, 0.1) is 11.3 Å². The van der Waals surface area contributed by atoms with Crippen LogP contribution in [0.2, 0.25) is 0 Å². The third-order valence-electron chi connectivity index (χ3n) is 3.35. The van der Waals surface area contributed by atoms with Crippen LogP contribution in [0.5, 0.6) is 0 Å². The van der Waals surface area contributed by atoms with E-state index in [-0.39, 0.29) is 11.7 Å². The van der Waals surface area contributed by atoms with Crippen LogP contribution in [0.4, 0.5) is 23.7 Å². The Morgan fingerprint density at radius 3 is 2.29 bits per heavy atom. The largest absolute Gasteiger partial charge is 0.416 e. The van der Waals surface area contributed by atoms with Crippen molar-refractivity contribution >= 4 is 23.5 Å². The number of nitrogens with zero attached hydrogens (tertiary/aromatic N) is 2. The van der Waals surface area contributed by atoms with Crippen molar-refractivity contribution in [3.8, 4) is 0 Å². The zero-order valence-corrected chi connectivity index (χ0v) is 10.6. The highest BCUT2D eigenvalue weighted by molar-refractivity contribution is 6.53. The first-order valence-corrected chi connectivity index (χ1v) is 6.19. The van der Waals surface area contributed by atoms with Crippen molar-refractivity contribution in [2.24, 2.45) is 0 Å². The molecule has 1 aromatic rings. The number of rotatable bonds is 2. The summed E-state index contributed by atoms with van der Waals surface area (Å²) in [6, 6.07) is 2.59. The lowest BCUT2D eigenvalue weighted by atomic mass is 10.2. The van der Waals surface area contributed by atoms with Gasteiger partial charge in [0, 0.05) is 6.04 Å². The maximum atomic E-state index is 12.7. The molecule has 0 aromatic heterocycles. The van der Waals surface area contributed by atoms with Gasteiger partial charge in [0.2, 0.25) is 0 Å². The second-order valence-electron chi connectivity index (χ2n) is 4.88. The van der Waals surface area contributed by atoms with E-state index in [1.165, 1.54) is 6.07 Å². The molecule has 0 bridgehead atoms. The standard InChI is InChI=1S/C13H9F3N2O3/c14-13(15,16)7-2-1-3-9(6-7)18-11(20)10(19)17(12(18)21)8-4-5-8/h1-3,6,8H,4-5H2. The van der Waals surface area contributed by atoms with Crippen LogP contribution in [0.15, 0.2) is 24.3 Å². The van der Waals surface area contributed by atoms with Gasteiger partial charge in [0.1, 0.15) is 0 Å². The molecule has 8 heteroatoms. The van der Waals surface area contributed by atoms with Gasteiger partial charge in [0.15, 0.2) is 0 Å². The van der Waals surface area contributed by atoms with Crippen LogP contribution in [0, 0.1) is 0 Å². The highest BCUT2D eigenvalue weighted by atomic mass is 19.4. The number of hydrogen-bond donors (Lipinski definition) is 0. The third-order valence-corrected chi connectivity index (χ3v) is 3.35. The maximum Gasteiger partial charge on any atom is 0.416 e. The van der Waals surface area contributed by atoms with Crippen LogP contribution >= 0.6 is 0 Å². The summed E-state index contributed by atoms with van der Waals surface area (Å²) >= 11 is 0. The number of urea groups is 1. The molecule has 5 nitrogen and oxygen atoms in total. The van der Waals surface area contributed by atoms with Gasteiger partial charge < -0.3 is 0 Å². The quantitative estimate of drug-likeness (QED) is 0.621. The lowest BCUT2D eigenvalue weighted by molar-refractivity contribution is -0.139. The van der Waals surface area contributed by atoms with E-state index in [1.807, 2.05) is 0 Å². The van der Waals surface area contributed by atoms with E-state index in [0.717, 1.165) is 17.0 Å². The van der Waals surface area contributed by atoms with E-state index < -0.39 is 29.6 Å². The summed E-state index contributed by atoms with van der Waals surface area (Å²) in [5.41, 5.74) is -1.24. The van der Waals surface area contributed by atoms with Crippen LogP contribution in [-0.4, -0.2) is 28.8 Å². The first kappa shape index (κ1) is 13.6. The Bertz CT molecular complexity index is 652. The minimum Gasteiger partial charge on any atom is -0.263 e. The SMILES string of the molecule is O=C1C(=O)N(C2CC2)C(=O)N1c1cccc(C(F)(F)F)c1. The van der Waals surface area contributed by atoms with Crippen molar-refractivity contribution < 1.29 is 27.6 Å². The van der Waals surface area contributed by atoms with E-state index in [0.29, 0.717) is 23.8 Å². The molecule has 1 heterocycles. The monoisotopic (exact) mass is 298 g/mol. The summed E-state index contributed by atoms with van der Waals surface area (Å²) < 4.78 is 38.0. The Morgan fingerprint density at radius 1 is 1.05 bits per heavy atom. The molecule has 4 amide bonds. The highest BCUT2D eigenvalue weighted by Gasteiger charge is 2.51. The topological polar surface area (TPSA) is 57.7 Å². The predicted octanol–water partition coefficient (Wildman–Crippen LogP) is 2.16. The fourth-order valence-electron chi connectivity index (χ4n) is 2.18. The van der Waals surface area contributed by atoms with Gasteiger partial charge >= 0.3 is 24.0 Å². The number of carbonyl (C=O) groups is 3. The summed E-state index contributed by atoms with van der Waals surface area (Å²) in [5.74, 6) is -2.11. The number of halogens is 3. The van der Waals surface area contributed by atoms with E-state index in [4.69, 9.17) is 0 Å². The zero-order chi connectivity index (χ0) is 15.4. The molecular formula is C13H9F3N2O3. The van der Waals surface area contributed by atoms with Crippen LogP contribution in [0.1, 0.15) is 18.4 Å². The van der Waals surface area contributed by atoms with Gasteiger partial charge in [-0.3, -0.25) is 14.5 Å². The average molecular weight is 298 g/mol. The molecule has 1 aliphatic carbocycles. The molecule has 1 aliphatic heterocycles. The summed E-state index contributed by atoms with van der Waals surface area (Å²) in [4.78, 5) is 37.0. The molecular weight excluding hydrogens is 289 g/mol. The van der Waals surface area contributed by atoms with Gasteiger partial charge in [-0.1, -0.05) is 6.07 Å². The van der Waals surface area contributed by atoms with Crippen molar-refractivity contribution in [3.63, 3.8) is 0 Å². The van der Waals surface area contributed by atoms with Gasteiger partial charge in [0.25, 0.3) is 0 Å². The zero-order valence-electron chi connectivity index (χ0n) is 10.6. The molecule has 0 atom stereocenters. The van der Waals surface area contributed by atoms with Gasteiger partial charge in [-0.15, -0.1) is 0 Å². The minimum atomic E-state index is -4.60. The van der Waals surface area contributed by atoms with Gasteiger partial charge in [-0.05, 0) is 31.0 Å². The van der Waals surface area contributed by atoms with Crippen molar-refractivity contribution in [2.75, 3.05) is 4.90 Å². The van der Waals surface area contributed by atoms with Crippen LogP contribution in [0.25, 0.3) is 0 Å². The van der Waals surface area contributed by atoms with Crippen molar-refractivity contribution in [2.45, 2.75) is 25.1 Å². The van der Waals surface area contributed by atoms with Gasteiger partial charge in [-0.2, -0.15) is 13.2 Å². The number of carbonyl (C=O) groups excluding carboxylic acids is 3. The summed E-state index contributed by atoms with van der Waals surface area (Å²) in [6.45, 7) is 0. The molecule has 0 spiro atoms. The van der Waals surface area contributed by atoms with Gasteiger partial charge in [-0.25, -0.2) is 9.69 Å². The number of imide groups is 2. The molecule has 0 unspecified atom stereocenters. The maximum absolute atomic E-state index is 12.7. The lowest BCUT2D eigenvalue weighted by Gasteiger charge is -2.16. The minimum absolute atomic E-state index is 0.253. The predicted molar refractivity (Wildman–Crippen MR) is 64.2 cm³/mol. The second-order valence-corrected chi connectivity index (χ2v) is 4.88. The molecule has 21 heavy (non-hydrogen) atoms. The third kappa shape index (κ3) is 2.16. The molecule has 3 rings (SSSR count). The lowest BCUT2D eigenvalue weighted by Crippen LogP contribution is -2.34. The number of alkyl halides is 3. The smallest absolute Gasteiger partial charge is 0.263 e. The number of hydrogen-bond acceptors (Lipinski definition) is 3. The molecule has 0 N–H and O–H groups in total. The Morgan fingerprint density at radius 2 is 1.71 bits per heavy atom. The van der Waals surface area contributed by atoms with Crippen molar-refractivity contribution in [1.82, 2.24) is 4.90 Å². The van der Waals surface area contributed by atoms with Crippen LogP contribution in [-0.2, 0) is 15.8 Å². The summed E-state index contributed by atoms with van der Waals surface area (Å²) in [7, 11) is 0. The molecule has 2 aliphatic rings. The molecule has 110 valence electrons. The fraction of sp³-hybridized carbons (Fsp3) is 0.308. The van der Waals surface area contributed by atoms with E-state index in [1.54, 1.807) is 0 Å². The van der Waals surface area contributed by atoms with Crippen molar-refractivity contribution in [3.05, 3.63) is 29.8 Å². The molecule has 0 radical (unpaired) electrons. The Labute approximate surface area is 116 Å².